The van der Waals surface area contributed by atoms with E-state index in [2.05, 4.69) is 20.7 Å². The molecule has 1 aliphatic heterocycles. The Morgan fingerprint density at radius 1 is 1.07 bits per heavy atom. The van der Waals surface area contributed by atoms with E-state index in [1.165, 1.54) is 0 Å². The van der Waals surface area contributed by atoms with Gasteiger partial charge in [0.25, 0.3) is 5.91 Å². The number of hydrogen-bond donors (Lipinski definition) is 3. The minimum atomic E-state index is -0.276. The van der Waals surface area contributed by atoms with Gasteiger partial charge in [0.05, 0.1) is 23.9 Å². The Bertz CT molecular complexity index is 1130. The molecule has 2 amide bonds. The van der Waals surface area contributed by atoms with Crippen LogP contribution in [0.15, 0.2) is 54.7 Å². The molecule has 2 heterocycles. The van der Waals surface area contributed by atoms with Crippen molar-refractivity contribution in [1.29, 1.82) is 0 Å². The number of hydrazine groups is 1. The van der Waals surface area contributed by atoms with Crippen LogP contribution in [0.1, 0.15) is 15.9 Å². The van der Waals surface area contributed by atoms with E-state index in [9.17, 15) is 9.59 Å². The quantitative estimate of drug-likeness (QED) is 0.347. The summed E-state index contributed by atoms with van der Waals surface area (Å²) in [6.45, 7) is 0. The van der Waals surface area contributed by atoms with Gasteiger partial charge >= 0.3 is 0 Å². The van der Waals surface area contributed by atoms with Crippen LogP contribution in [0.4, 0.5) is 28.8 Å². The molecule has 4 N–H and O–H groups in total. The highest BCUT2D eigenvalue weighted by atomic mass is 16.2. The van der Waals surface area contributed by atoms with E-state index < -0.39 is 0 Å². The molecular formula is C21H21N7O2. The molecule has 1 aliphatic rings. The zero-order chi connectivity index (χ0) is 21.3. The molecular weight excluding hydrogens is 382 g/mol. The van der Waals surface area contributed by atoms with Crippen LogP contribution >= 0.6 is 0 Å². The van der Waals surface area contributed by atoms with E-state index in [0.29, 0.717) is 23.0 Å². The first-order valence-electron chi connectivity index (χ1n) is 9.31. The van der Waals surface area contributed by atoms with Gasteiger partial charge in [-0.2, -0.15) is 4.98 Å². The summed E-state index contributed by atoms with van der Waals surface area (Å²) < 4.78 is 0. The predicted molar refractivity (Wildman–Crippen MR) is 115 cm³/mol. The summed E-state index contributed by atoms with van der Waals surface area (Å²) in [5.74, 6) is 5.74. The minimum absolute atomic E-state index is 0.119. The Hall–Kier alpha value is -3.98. The zero-order valence-corrected chi connectivity index (χ0v) is 16.6. The van der Waals surface area contributed by atoms with Crippen molar-refractivity contribution >= 4 is 40.6 Å². The molecule has 0 unspecified atom stereocenters. The van der Waals surface area contributed by atoms with Crippen molar-refractivity contribution in [2.75, 3.05) is 29.2 Å². The maximum atomic E-state index is 12.9. The number of benzene rings is 2. The van der Waals surface area contributed by atoms with Crippen LogP contribution in [-0.2, 0) is 11.2 Å². The van der Waals surface area contributed by atoms with Gasteiger partial charge in [-0.15, -0.1) is 0 Å². The summed E-state index contributed by atoms with van der Waals surface area (Å²) >= 11 is 0. The van der Waals surface area contributed by atoms with E-state index in [-0.39, 0.29) is 18.2 Å². The zero-order valence-electron chi connectivity index (χ0n) is 16.6. The summed E-state index contributed by atoms with van der Waals surface area (Å²) in [6.07, 6.45) is 1.79. The number of nitrogens with two attached hydrogens (primary N) is 1. The number of nitrogens with one attached hydrogen (secondary N) is 2. The summed E-state index contributed by atoms with van der Waals surface area (Å²) in [6, 6.07) is 14.8. The van der Waals surface area contributed by atoms with E-state index in [1.807, 2.05) is 54.4 Å². The number of para-hydroxylation sites is 1. The number of amides is 2. The lowest BCUT2D eigenvalue weighted by atomic mass is 10.1. The molecule has 0 saturated carbocycles. The van der Waals surface area contributed by atoms with Crippen LogP contribution in [0.5, 0.6) is 0 Å². The Kier molecular flexibility index (Phi) is 5.03. The van der Waals surface area contributed by atoms with Crippen LogP contribution in [0.25, 0.3) is 0 Å². The second kappa shape index (κ2) is 7.80. The fraction of sp³-hybridized carbons (Fsp3) is 0.143. The number of carbonyl (C=O) groups excluding carboxylic acids is 2. The maximum absolute atomic E-state index is 12.9. The van der Waals surface area contributed by atoms with Gasteiger partial charge in [-0.3, -0.25) is 15.0 Å². The SMILES string of the molecule is CN1C(=O)c2ccccc2N(C)c2nc(Nc3cccc(CC(=O)NN)c3)ncc21. The second-order valence-electron chi connectivity index (χ2n) is 6.91. The highest BCUT2D eigenvalue weighted by Gasteiger charge is 2.28. The van der Waals surface area contributed by atoms with Crippen LogP contribution in [0.2, 0.25) is 0 Å². The van der Waals surface area contributed by atoms with E-state index in [1.54, 1.807) is 24.2 Å². The molecule has 0 aliphatic carbocycles. The number of anilines is 5. The molecule has 0 saturated heterocycles. The molecule has 0 spiro atoms. The van der Waals surface area contributed by atoms with Gasteiger partial charge in [-0.1, -0.05) is 24.3 Å². The lowest BCUT2D eigenvalue weighted by molar-refractivity contribution is -0.120. The third-order valence-electron chi connectivity index (χ3n) is 4.94. The van der Waals surface area contributed by atoms with Crippen LogP contribution in [0.3, 0.4) is 0 Å². The molecule has 9 heteroatoms. The molecule has 30 heavy (non-hydrogen) atoms. The highest BCUT2D eigenvalue weighted by Crippen LogP contribution is 2.37. The smallest absolute Gasteiger partial charge is 0.260 e. The fourth-order valence-corrected chi connectivity index (χ4v) is 3.39. The fourth-order valence-electron chi connectivity index (χ4n) is 3.39. The van der Waals surface area contributed by atoms with Crippen molar-refractivity contribution in [2.24, 2.45) is 5.84 Å². The van der Waals surface area contributed by atoms with Crippen molar-refractivity contribution in [3.8, 4) is 0 Å². The van der Waals surface area contributed by atoms with Crippen molar-refractivity contribution in [1.82, 2.24) is 15.4 Å². The van der Waals surface area contributed by atoms with E-state index in [4.69, 9.17) is 5.84 Å². The van der Waals surface area contributed by atoms with Crippen molar-refractivity contribution in [2.45, 2.75) is 6.42 Å². The summed E-state index contributed by atoms with van der Waals surface area (Å²) in [5, 5.41) is 3.16. The number of nitrogens with zero attached hydrogens (tertiary/aromatic N) is 4. The topological polar surface area (TPSA) is 116 Å². The highest BCUT2D eigenvalue weighted by molar-refractivity contribution is 6.13. The first kappa shape index (κ1) is 19.3. The lowest BCUT2D eigenvalue weighted by Gasteiger charge is -2.21. The maximum Gasteiger partial charge on any atom is 0.260 e. The number of aromatic nitrogens is 2. The average Bonchev–Trinajstić information content (AvgIpc) is 2.84. The third-order valence-corrected chi connectivity index (χ3v) is 4.94. The Labute approximate surface area is 173 Å². The Balaban J connectivity index is 1.68. The third kappa shape index (κ3) is 3.53. The number of hydrogen-bond acceptors (Lipinski definition) is 7. The van der Waals surface area contributed by atoms with Gasteiger partial charge in [-0.05, 0) is 29.8 Å². The minimum Gasteiger partial charge on any atom is -0.327 e. The van der Waals surface area contributed by atoms with Crippen LogP contribution < -0.4 is 26.4 Å². The van der Waals surface area contributed by atoms with Crippen LogP contribution in [0, 0.1) is 0 Å². The van der Waals surface area contributed by atoms with Gasteiger partial charge in [-0.25, -0.2) is 10.8 Å². The molecule has 152 valence electrons. The van der Waals surface area contributed by atoms with Crippen molar-refractivity contribution in [3.63, 3.8) is 0 Å². The number of rotatable bonds is 4. The monoisotopic (exact) mass is 403 g/mol. The molecule has 0 fully saturated rings. The van der Waals surface area contributed by atoms with E-state index >= 15 is 0 Å². The Morgan fingerprint density at radius 2 is 1.87 bits per heavy atom. The Morgan fingerprint density at radius 3 is 2.67 bits per heavy atom. The van der Waals surface area contributed by atoms with Crippen LogP contribution in [-0.4, -0.2) is 35.9 Å². The molecule has 3 aromatic rings. The van der Waals surface area contributed by atoms with Gasteiger partial charge < -0.3 is 15.1 Å². The summed E-state index contributed by atoms with van der Waals surface area (Å²) in [7, 11) is 3.58. The normalized spacial score (nSPS) is 12.7. The first-order valence-corrected chi connectivity index (χ1v) is 9.31. The molecule has 0 radical (unpaired) electrons. The summed E-state index contributed by atoms with van der Waals surface area (Å²) in [5.41, 5.74) is 5.63. The van der Waals surface area contributed by atoms with Crippen molar-refractivity contribution in [3.05, 3.63) is 65.9 Å². The predicted octanol–water partition coefficient (Wildman–Crippen LogP) is 2.11. The molecule has 0 atom stereocenters. The standard InChI is InChI=1S/C21H21N7O2/c1-27-16-9-4-3-8-15(16)20(30)28(2)17-12-23-21(25-19(17)27)24-14-7-5-6-13(10-14)11-18(29)26-22/h3-10,12H,11,22H2,1-2H3,(H,26,29)(H,23,24,25). The first-order chi connectivity index (χ1) is 14.5. The number of carbonyl (C=O) groups is 2. The molecule has 1 aromatic heterocycles. The second-order valence-corrected chi connectivity index (χ2v) is 6.91. The van der Waals surface area contributed by atoms with Gasteiger partial charge in [0, 0.05) is 19.8 Å². The van der Waals surface area contributed by atoms with Gasteiger partial charge in [0.1, 0.15) is 5.69 Å². The van der Waals surface area contributed by atoms with Gasteiger partial charge in [0.2, 0.25) is 11.9 Å². The molecule has 9 nitrogen and oxygen atoms in total. The van der Waals surface area contributed by atoms with Gasteiger partial charge in [0.15, 0.2) is 5.82 Å². The summed E-state index contributed by atoms with van der Waals surface area (Å²) in [4.78, 5) is 36.8. The number of fused-ring (bicyclic) bond motifs is 2. The van der Waals surface area contributed by atoms with E-state index in [0.717, 1.165) is 16.9 Å². The lowest BCUT2D eigenvalue weighted by Crippen LogP contribution is -2.31. The van der Waals surface area contributed by atoms with Crippen molar-refractivity contribution < 1.29 is 9.59 Å². The molecule has 4 rings (SSSR count). The molecule has 2 aromatic carbocycles. The average molecular weight is 403 g/mol. The molecule has 0 bridgehead atoms. The largest absolute Gasteiger partial charge is 0.327 e.